The molecule has 1 N–H and O–H groups in total. The van der Waals surface area contributed by atoms with Crippen LogP contribution in [0, 0.1) is 0 Å². The van der Waals surface area contributed by atoms with E-state index in [4.69, 9.17) is 11.6 Å². The number of aliphatic imine (C=N–C) groups is 1. The van der Waals surface area contributed by atoms with Gasteiger partial charge in [0.05, 0.1) is 0 Å². The van der Waals surface area contributed by atoms with Crippen LogP contribution in [0.4, 0.5) is 0 Å². The first-order valence-electron chi connectivity index (χ1n) is 2.24. The van der Waals surface area contributed by atoms with Gasteiger partial charge in [-0.05, 0) is 6.92 Å². The first-order valence-corrected chi connectivity index (χ1v) is 2.62. The summed E-state index contributed by atoms with van der Waals surface area (Å²) in [6.07, 6.45) is 0. The van der Waals surface area contributed by atoms with Crippen LogP contribution in [0.1, 0.15) is 6.92 Å². The monoisotopic (exact) mass is 132 g/mol. The summed E-state index contributed by atoms with van der Waals surface area (Å²) >= 11 is 5.40. The van der Waals surface area contributed by atoms with E-state index in [1.807, 2.05) is 0 Å². The molecule has 3 heteroatoms. The lowest BCUT2D eigenvalue weighted by molar-refractivity contribution is 0.975. The minimum Gasteiger partial charge on any atom is -0.374 e. The van der Waals surface area contributed by atoms with Gasteiger partial charge in [0.15, 0.2) is 0 Å². The van der Waals surface area contributed by atoms with Gasteiger partial charge in [0, 0.05) is 7.05 Å². The van der Waals surface area contributed by atoms with Crippen LogP contribution in [0.15, 0.2) is 17.4 Å². The highest BCUT2D eigenvalue weighted by molar-refractivity contribution is 6.64. The van der Waals surface area contributed by atoms with Gasteiger partial charge in [-0.3, -0.25) is 0 Å². The quantitative estimate of drug-likeness (QED) is 0.564. The fraction of sp³-hybridized carbons (Fsp3) is 0.400. The van der Waals surface area contributed by atoms with E-state index in [0.29, 0.717) is 11.0 Å². The molecule has 0 saturated heterocycles. The van der Waals surface area contributed by atoms with Gasteiger partial charge in [-0.2, -0.15) is 0 Å². The number of nitrogens with one attached hydrogen (secondary N) is 1. The maximum atomic E-state index is 5.40. The maximum absolute atomic E-state index is 5.40. The Morgan fingerprint density at radius 1 is 1.75 bits per heavy atom. The predicted octanol–water partition coefficient (Wildman–Crippen LogP) is 1.33. The zero-order valence-electron chi connectivity index (χ0n) is 5.03. The van der Waals surface area contributed by atoms with E-state index >= 15 is 0 Å². The Morgan fingerprint density at radius 2 is 2.25 bits per heavy atom. The number of nitrogens with zero attached hydrogens (tertiary/aromatic N) is 1. The highest BCUT2D eigenvalue weighted by atomic mass is 35.5. The Bertz CT molecular complexity index is 114. The van der Waals surface area contributed by atoms with Crippen LogP contribution in [0.5, 0.6) is 0 Å². The van der Waals surface area contributed by atoms with E-state index in [1.165, 1.54) is 0 Å². The fourth-order valence-corrected chi connectivity index (χ4v) is 0.344. The van der Waals surface area contributed by atoms with Gasteiger partial charge < -0.3 is 5.32 Å². The van der Waals surface area contributed by atoms with Gasteiger partial charge in [0.1, 0.15) is 11.0 Å². The van der Waals surface area contributed by atoms with Crippen molar-refractivity contribution in [1.29, 1.82) is 0 Å². The highest BCUT2D eigenvalue weighted by Gasteiger charge is 1.81. The van der Waals surface area contributed by atoms with Crippen molar-refractivity contribution < 1.29 is 0 Å². The fourth-order valence-electron chi connectivity index (χ4n) is 0.242. The molecule has 8 heavy (non-hydrogen) atoms. The smallest absolute Gasteiger partial charge is 0.119 e. The van der Waals surface area contributed by atoms with Gasteiger partial charge in [-0.1, -0.05) is 18.2 Å². The summed E-state index contributed by atoms with van der Waals surface area (Å²) in [5, 5.41) is 3.22. The third-order valence-electron chi connectivity index (χ3n) is 0.578. The summed E-state index contributed by atoms with van der Waals surface area (Å²) < 4.78 is 0. The molecule has 0 aromatic rings. The number of rotatable bonds is 2. The molecule has 2 nitrogen and oxygen atoms in total. The van der Waals surface area contributed by atoms with Gasteiger partial charge in [-0.15, -0.1) is 0 Å². The Labute approximate surface area is 54.3 Å². The SMILES string of the molecule is C=C(N=C(C)Cl)NC. The predicted molar refractivity (Wildman–Crippen MR) is 37.2 cm³/mol. The minimum absolute atomic E-state index is 0.490. The van der Waals surface area contributed by atoms with Crippen molar-refractivity contribution >= 4 is 16.8 Å². The average molecular weight is 133 g/mol. The molecule has 0 unspecified atom stereocenters. The minimum atomic E-state index is 0.490. The summed E-state index contributed by atoms with van der Waals surface area (Å²) in [6, 6.07) is 0. The second-order valence-corrected chi connectivity index (χ2v) is 1.85. The van der Waals surface area contributed by atoms with Crippen LogP contribution in [0.25, 0.3) is 0 Å². The van der Waals surface area contributed by atoms with E-state index in [2.05, 4.69) is 16.9 Å². The van der Waals surface area contributed by atoms with Gasteiger partial charge >= 0.3 is 0 Å². The zero-order valence-corrected chi connectivity index (χ0v) is 5.79. The lowest BCUT2D eigenvalue weighted by Crippen LogP contribution is -2.01. The Balaban J connectivity index is 3.70. The maximum Gasteiger partial charge on any atom is 0.119 e. The van der Waals surface area contributed by atoms with Crippen LogP contribution in [-0.4, -0.2) is 12.2 Å². The van der Waals surface area contributed by atoms with Crippen molar-refractivity contribution in [3.63, 3.8) is 0 Å². The summed E-state index contributed by atoms with van der Waals surface area (Å²) in [6.45, 7) is 5.23. The molecule has 0 aromatic carbocycles. The molecule has 0 atom stereocenters. The van der Waals surface area contributed by atoms with Crippen LogP contribution >= 0.6 is 11.6 Å². The summed E-state index contributed by atoms with van der Waals surface area (Å²) in [7, 11) is 1.74. The third-order valence-corrected chi connectivity index (χ3v) is 0.662. The lowest BCUT2D eigenvalue weighted by atomic mass is 10.7. The van der Waals surface area contributed by atoms with Crippen LogP contribution in [0.3, 0.4) is 0 Å². The lowest BCUT2D eigenvalue weighted by Gasteiger charge is -1.93. The molecule has 46 valence electrons. The van der Waals surface area contributed by atoms with E-state index in [9.17, 15) is 0 Å². The molecule has 0 aliphatic carbocycles. The first-order chi connectivity index (χ1) is 3.66. The zero-order chi connectivity index (χ0) is 6.57. The molecule has 0 amide bonds. The largest absolute Gasteiger partial charge is 0.374 e. The molecule has 0 bridgehead atoms. The van der Waals surface area contributed by atoms with E-state index in [1.54, 1.807) is 14.0 Å². The van der Waals surface area contributed by atoms with E-state index < -0.39 is 0 Å². The molecule has 0 rings (SSSR count). The second kappa shape index (κ2) is 3.50. The topological polar surface area (TPSA) is 24.4 Å². The normalized spacial score (nSPS) is 11.1. The van der Waals surface area contributed by atoms with E-state index in [0.717, 1.165) is 0 Å². The molecule has 0 heterocycles. The van der Waals surface area contributed by atoms with E-state index in [-0.39, 0.29) is 0 Å². The first kappa shape index (κ1) is 7.50. The molecule has 0 saturated carbocycles. The van der Waals surface area contributed by atoms with Crippen molar-refractivity contribution in [2.24, 2.45) is 4.99 Å². The van der Waals surface area contributed by atoms with Gasteiger partial charge in [0.25, 0.3) is 0 Å². The number of halogens is 1. The Morgan fingerprint density at radius 3 is 2.38 bits per heavy atom. The molecular weight excluding hydrogens is 124 g/mol. The Hall–Kier alpha value is -0.500. The van der Waals surface area contributed by atoms with Crippen molar-refractivity contribution in [3.05, 3.63) is 12.4 Å². The summed E-state index contributed by atoms with van der Waals surface area (Å²) in [5.41, 5.74) is 0. The highest BCUT2D eigenvalue weighted by Crippen LogP contribution is 1.89. The molecular formula is C5H9ClN2. The van der Waals surface area contributed by atoms with Crippen molar-refractivity contribution in [1.82, 2.24) is 5.32 Å². The average Bonchev–Trinajstić information content (AvgIpc) is 1.65. The van der Waals surface area contributed by atoms with Crippen LogP contribution in [0.2, 0.25) is 0 Å². The molecule has 0 aliphatic heterocycles. The van der Waals surface area contributed by atoms with Crippen LogP contribution < -0.4 is 5.32 Å². The van der Waals surface area contributed by atoms with Crippen molar-refractivity contribution in [2.45, 2.75) is 6.92 Å². The molecule has 0 spiro atoms. The Kier molecular flexibility index (Phi) is 3.28. The molecule has 0 radical (unpaired) electrons. The van der Waals surface area contributed by atoms with Crippen LogP contribution in [-0.2, 0) is 0 Å². The van der Waals surface area contributed by atoms with Crippen molar-refractivity contribution in [3.8, 4) is 0 Å². The third kappa shape index (κ3) is 3.68. The molecule has 0 fully saturated rings. The summed E-state index contributed by atoms with van der Waals surface area (Å²) in [4.78, 5) is 3.77. The number of hydrogen-bond acceptors (Lipinski definition) is 2. The van der Waals surface area contributed by atoms with Crippen molar-refractivity contribution in [2.75, 3.05) is 7.05 Å². The molecule has 0 aliphatic rings. The summed E-state index contributed by atoms with van der Waals surface area (Å²) in [5.74, 6) is 0.581. The standard InChI is InChI=1S/C5H9ClN2/c1-4(6)8-5(2)7-3/h7H,2H2,1,3H3. The van der Waals surface area contributed by atoms with Gasteiger partial charge in [-0.25, -0.2) is 4.99 Å². The second-order valence-electron chi connectivity index (χ2n) is 1.31. The number of hydrogen-bond donors (Lipinski definition) is 1. The molecule has 0 aromatic heterocycles. The van der Waals surface area contributed by atoms with Gasteiger partial charge in [0.2, 0.25) is 0 Å².